The average molecular weight is 343 g/mol. The highest BCUT2D eigenvalue weighted by Crippen LogP contribution is 2.16. The van der Waals surface area contributed by atoms with Gasteiger partial charge >= 0.3 is 5.97 Å². The number of methoxy groups -OCH3 is 1. The maximum absolute atomic E-state index is 11.9. The van der Waals surface area contributed by atoms with Crippen LogP contribution in [0.5, 0.6) is 0 Å². The highest BCUT2D eigenvalue weighted by atomic mass is 32.1. The molecule has 1 heterocycles. The molecule has 1 aromatic heterocycles. The number of ether oxygens (including phenoxy) is 1. The van der Waals surface area contributed by atoms with Crippen LogP contribution < -0.4 is 10.6 Å². The van der Waals surface area contributed by atoms with Gasteiger partial charge in [0.25, 0.3) is 5.91 Å². The van der Waals surface area contributed by atoms with Gasteiger partial charge in [-0.2, -0.15) is 0 Å². The molecule has 1 aromatic rings. The molecule has 0 aliphatic heterocycles. The number of thiazole rings is 1. The molecule has 0 spiro atoms. The van der Waals surface area contributed by atoms with E-state index in [1.54, 1.807) is 5.38 Å². The number of nitrogens with one attached hydrogen (secondary N) is 2. The summed E-state index contributed by atoms with van der Waals surface area (Å²) < 4.78 is 4.69. The van der Waals surface area contributed by atoms with Gasteiger partial charge in [0.1, 0.15) is 12.6 Å². The number of carboxylic acids is 1. The molecule has 9 heteroatoms. The molecule has 0 bridgehead atoms. The number of carbonyl (C=O) groups excluding carboxylic acids is 2. The van der Waals surface area contributed by atoms with Gasteiger partial charge in [-0.15, -0.1) is 11.3 Å². The first-order valence-electron chi connectivity index (χ1n) is 7.07. The quantitative estimate of drug-likeness (QED) is 0.613. The topological polar surface area (TPSA) is 118 Å². The molecule has 2 amide bonds. The molecule has 0 saturated carbocycles. The maximum Gasteiger partial charge on any atom is 0.326 e. The van der Waals surface area contributed by atoms with Gasteiger partial charge in [0.15, 0.2) is 5.13 Å². The highest BCUT2D eigenvalue weighted by molar-refractivity contribution is 7.13. The molecule has 128 valence electrons. The van der Waals surface area contributed by atoms with Gasteiger partial charge in [-0.25, -0.2) is 9.78 Å². The van der Waals surface area contributed by atoms with Crippen molar-refractivity contribution in [2.45, 2.75) is 32.7 Å². The van der Waals surface area contributed by atoms with Crippen LogP contribution in [0.25, 0.3) is 0 Å². The van der Waals surface area contributed by atoms with Crippen LogP contribution in [0.4, 0.5) is 5.13 Å². The molecule has 1 rings (SSSR count). The zero-order chi connectivity index (χ0) is 17.4. The molecule has 3 N–H and O–H groups in total. The van der Waals surface area contributed by atoms with Crippen LogP contribution in [0.3, 0.4) is 0 Å². The van der Waals surface area contributed by atoms with E-state index in [0.29, 0.717) is 17.2 Å². The van der Waals surface area contributed by atoms with Crippen LogP contribution >= 0.6 is 11.3 Å². The summed E-state index contributed by atoms with van der Waals surface area (Å²) in [5, 5.41) is 16.1. The Balaban J connectivity index is 2.55. The zero-order valence-electron chi connectivity index (χ0n) is 13.3. The third-order valence-electron chi connectivity index (χ3n) is 2.76. The number of aliphatic carboxylic acids is 1. The molecule has 0 fully saturated rings. The van der Waals surface area contributed by atoms with Crippen molar-refractivity contribution in [3.63, 3.8) is 0 Å². The number of carbonyl (C=O) groups is 3. The number of nitrogens with zero attached hydrogens (tertiary/aromatic N) is 1. The molecule has 0 saturated heterocycles. The van der Waals surface area contributed by atoms with Crippen molar-refractivity contribution in [3.05, 3.63) is 11.1 Å². The first kappa shape index (κ1) is 19.0. The predicted molar refractivity (Wildman–Crippen MR) is 85.3 cm³/mol. The summed E-state index contributed by atoms with van der Waals surface area (Å²) >= 11 is 1.19. The monoisotopic (exact) mass is 343 g/mol. The third-order valence-corrected chi connectivity index (χ3v) is 3.56. The van der Waals surface area contributed by atoms with Crippen LogP contribution in [0.1, 0.15) is 26.0 Å². The molecule has 0 aromatic carbocycles. The van der Waals surface area contributed by atoms with Gasteiger partial charge in [-0.05, 0) is 12.3 Å². The van der Waals surface area contributed by atoms with Gasteiger partial charge in [0.05, 0.1) is 12.1 Å². The molecular formula is C14H21N3O5S. The Morgan fingerprint density at radius 1 is 1.35 bits per heavy atom. The Kier molecular flexibility index (Phi) is 7.63. The Hall–Kier alpha value is -2.00. The van der Waals surface area contributed by atoms with E-state index in [1.807, 2.05) is 13.8 Å². The lowest BCUT2D eigenvalue weighted by molar-refractivity contribution is -0.142. The Morgan fingerprint density at radius 2 is 2.04 bits per heavy atom. The predicted octanol–water partition coefficient (Wildman–Crippen LogP) is 0.886. The minimum absolute atomic E-state index is 0.0431. The fourth-order valence-electron chi connectivity index (χ4n) is 1.83. The van der Waals surface area contributed by atoms with Crippen molar-refractivity contribution in [1.82, 2.24) is 10.3 Å². The van der Waals surface area contributed by atoms with Crippen LogP contribution in [0, 0.1) is 5.92 Å². The molecule has 23 heavy (non-hydrogen) atoms. The van der Waals surface area contributed by atoms with Crippen LogP contribution in [-0.4, -0.2) is 47.6 Å². The summed E-state index contributed by atoms with van der Waals surface area (Å²) in [4.78, 5) is 38.5. The molecular weight excluding hydrogens is 322 g/mol. The van der Waals surface area contributed by atoms with Crippen LogP contribution in [0.15, 0.2) is 5.38 Å². The largest absolute Gasteiger partial charge is 0.480 e. The van der Waals surface area contributed by atoms with Crippen LogP contribution in [-0.2, 0) is 25.5 Å². The van der Waals surface area contributed by atoms with Gasteiger partial charge in [0.2, 0.25) is 5.91 Å². The molecule has 1 atom stereocenters. The van der Waals surface area contributed by atoms with Gasteiger partial charge in [-0.3, -0.25) is 14.9 Å². The molecule has 1 unspecified atom stereocenters. The van der Waals surface area contributed by atoms with Crippen molar-refractivity contribution in [1.29, 1.82) is 0 Å². The molecule has 0 radical (unpaired) electrons. The number of rotatable bonds is 9. The Bertz CT molecular complexity index is 558. The average Bonchev–Trinajstić information content (AvgIpc) is 2.84. The zero-order valence-corrected chi connectivity index (χ0v) is 14.1. The van der Waals surface area contributed by atoms with E-state index in [-0.39, 0.29) is 24.9 Å². The van der Waals surface area contributed by atoms with Gasteiger partial charge < -0.3 is 15.2 Å². The maximum atomic E-state index is 11.9. The van der Waals surface area contributed by atoms with E-state index < -0.39 is 17.9 Å². The lowest BCUT2D eigenvalue weighted by Crippen LogP contribution is -2.42. The Morgan fingerprint density at radius 3 is 2.61 bits per heavy atom. The number of anilines is 1. The second kappa shape index (κ2) is 9.21. The number of carboxylic acid groups (broad SMARTS) is 1. The SMILES string of the molecule is COCC(=O)Nc1nc(CC(=O)NC(CC(C)C)C(=O)O)cs1. The standard InChI is InChI=1S/C14H21N3O5S/c1-8(2)4-10(13(20)21)16-11(18)5-9-7-23-14(15-9)17-12(19)6-22-3/h7-8,10H,4-6H2,1-3H3,(H,16,18)(H,20,21)(H,15,17,19). The normalized spacial score (nSPS) is 12.0. The fraction of sp³-hybridized carbons (Fsp3) is 0.571. The summed E-state index contributed by atoms with van der Waals surface area (Å²) in [6.07, 6.45) is 0.314. The molecule has 8 nitrogen and oxygen atoms in total. The number of amides is 2. The molecule has 0 aliphatic rings. The summed E-state index contributed by atoms with van der Waals surface area (Å²) in [5.41, 5.74) is 0.467. The smallest absolute Gasteiger partial charge is 0.326 e. The van der Waals surface area contributed by atoms with Gasteiger partial charge in [-0.1, -0.05) is 13.8 Å². The van der Waals surface area contributed by atoms with E-state index >= 15 is 0 Å². The lowest BCUT2D eigenvalue weighted by atomic mass is 10.0. The van der Waals surface area contributed by atoms with Crippen LogP contribution in [0.2, 0.25) is 0 Å². The second-order valence-corrected chi connectivity index (χ2v) is 6.25. The van der Waals surface area contributed by atoms with E-state index in [1.165, 1.54) is 18.4 Å². The van der Waals surface area contributed by atoms with Crippen molar-refractivity contribution in [2.24, 2.45) is 5.92 Å². The lowest BCUT2D eigenvalue weighted by Gasteiger charge is -2.16. The van der Waals surface area contributed by atoms with E-state index in [9.17, 15) is 14.4 Å². The molecule has 0 aliphatic carbocycles. The summed E-state index contributed by atoms with van der Waals surface area (Å²) in [6.45, 7) is 3.69. The van der Waals surface area contributed by atoms with Gasteiger partial charge in [0, 0.05) is 12.5 Å². The number of hydrogen-bond donors (Lipinski definition) is 3. The van der Waals surface area contributed by atoms with E-state index in [0.717, 1.165) is 0 Å². The first-order valence-corrected chi connectivity index (χ1v) is 7.95. The van der Waals surface area contributed by atoms with Crippen molar-refractivity contribution < 1.29 is 24.2 Å². The fourth-order valence-corrected chi connectivity index (χ4v) is 2.56. The first-order chi connectivity index (χ1) is 10.8. The number of aromatic nitrogens is 1. The summed E-state index contributed by atoms with van der Waals surface area (Å²) in [5.74, 6) is -1.66. The van der Waals surface area contributed by atoms with Crippen molar-refractivity contribution in [2.75, 3.05) is 19.0 Å². The number of hydrogen-bond acceptors (Lipinski definition) is 6. The minimum Gasteiger partial charge on any atom is -0.480 e. The minimum atomic E-state index is -1.06. The highest BCUT2D eigenvalue weighted by Gasteiger charge is 2.21. The second-order valence-electron chi connectivity index (χ2n) is 5.39. The summed E-state index contributed by atoms with van der Waals surface area (Å²) in [6, 6.07) is -0.915. The Labute approximate surface area is 138 Å². The third kappa shape index (κ3) is 7.20. The van der Waals surface area contributed by atoms with Crippen molar-refractivity contribution in [3.8, 4) is 0 Å². The summed E-state index contributed by atoms with van der Waals surface area (Å²) in [7, 11) is 1.41. The van der Waals surface area contributed by atoms with E-state index in [2.05, 4.69) is 15.6 Å². The van der Waals surface area contributed by atoms with Crippen molar-refractivity contribution >= 4 is 34.3 Å². The van der Waals surface area contributed by atoms with E-state index in [4.69, 9.17) is 9.84 Å².